The normalized spacial score (nSPS) is 18.2. The molecule has 1 atom stereocenters. The van der Waals surface area contributed by atoms with Gasteiger partial charge in [-0.05, 0) is 53.8 Å². The van der Waals surface area contributed by atoms with E-state index in [0.29, 0.717) is 45.7 Å². The van der Waals surface area contributed by atoms with Gasteiger partial charge in [-0.15, -0.1) is 0 Å². The number of ether oxygens (including phenoxy) is 3. The summed E-state index contributed by atoms with van der Waals surface area (Å²) in [6.07, 6.45) is 0. The van der Waals surface area contributed by atoms with Crippen molar-refractivity contribution in [2.75, 3.05) is 18.3 Å². The quantitative estimate of drug-likeness (QED) is 0.232. The first-order chi connectivity index (χ1) is 18.1. The maximum absolute atomic E-state index is 13.5. The number of ketones is 1. The highest BCUT2D eigenvalue weighted by Crippen LogP contribution is 2.45. The van der Waals surface area contributed by atoms with Crippen molar-refractivity contribution in [3.05, 3.63) is 87.9 Å². The van der Waals surface area contributed by atoms with Crippen molar-refractivity contribution in [3.63, 3.8) is 0 Å². The smallest absolute Gasteiger partial charge is 0.300 e. The largest absolute Gasteiger partial charge is 0.507 e. The molecule has 0 aromatic heterocycles. The van der Waals surface area contributed by atoms with Crippen LogP contribution in [0.3, 0.4) is 0 Å². The molecule has 2 aliphatic heterocycles. The van der Waals surface area contributed by atoms with E-state index in [1.165, 1.54) is 4.90 Å². The summed E-state index contributed by atoms with van der Waals surface area (Å²) in [4.78, 5) is 28.4. The van der Waals surface area contributed by atoms with E-state index in [0.717, 1.165) is 5.56 Å². The molecule has 0 aliphatic carbocycles. The van der Waals surface area contributed by atoms with Crippen LogP contribution < -0.4 is 19.1 Å². The van der Waals surface area contributed by atoms with Crippen LogP contribution in [0.4, 0.5) is 5.69 Å². The van der Waals surface area contributed by atoms with Crippen molar-refractivity contribution in [2.45, 2.75) is 39.2 Å². The SMILES string of the molecule is CCOc1cc(/C(O)=C2\C(=O)C(=O)N(c3ccc4c(c3)OCO4)C2c2ccc(C(C)(C)C)cc2)ccc1Cl. The molecule has 0 spiro atoms. The number of carbonyl (C=O) groups excluding carboxylic acids is 2. The number of anilines is 1. The standard InChI is InChI=1S/C30H28ClNO6/c1-5-36-23-14-18(8-12-21(23)31)27(33)25-26(17-6-9-19(10-7-17)30(2,3)4)32(29(35)28(25)34)20-11-13-22-24(15-20)38-16-37-22/h6-15,26,33H,5,16H2,1-4H3/b27-25+. The van der Waals surface area contributed by atoms with Crippen LogP contribution in [-0.4, -0.2) is 30.2 Å². The summed E-state index contributed by atoms with van der Waals surface area (Å²) in [6, 6.07) is 16.7. The number of hydrogen-bond donors (Lipinski definition) is 1. The molecule has 0 bridgehead atoms. The fourth-order valence-corrected chi connectivity index (χ4v) is 4.86. The molecule has 1 fully saturated rings. The van der Waals surface area contributed by atoms with E-state index in [2.05, 4.69) is 20.8 Å². The second-order valence-corrected chi connectivity index (χ2v) is 10.6. The molecule has 1 saturated heterocycles. The lowest BCUT2D eigenvalue weighted by atomic mass is 9.85. The molecule has 8 heteroatoms. The van der Waals surface area contributed by atoms with Crippen LogP contribution in [-0.2, 0) is 15.0 Å². The number of benzene rings is 3. The Hall–Kier alpha value is -3.97. The Morgan fingerprint density at radius 2 is 1.74 bits per heavy atom. The van der Waals surface area contributed by atoms with Crippen molar-refractivity contribution in [2.24, 2.45) is 0 Å². The molecule has 2 heterocycles. The van der Waals surface area contributed by atoms with E-state index < -0.39 is 17.7 Å². The molecule has 196 valence electrons. The van der Waals surface area contributed by atoms with E-state index in [1.807, 2.05) is 31.2 Å². The number of aliphatic hydroxyl groups is 1. The number of hydrogen-bond acceptors (Lipinski definition) is 6. The van der Waals surface area contributed by atoms with Crippen LogP contribution in [0.1, 0.15) is 50.4 Å². The van der Waals surface area contributed by atoms with Gasteiger partial charge in [-0.1, -0.05) is 56.6 Å². The zero-order chi connectivity index (χ0) is 27.2. The second-order valence-electron chi connectivity index (χ2n) is 10.2. The number of halogens is 1. The Morgan fingerprint density at radius 1 is 1.03 bits per heavy atom. The van der Waals surface area contributed by atoms with Crippen LogP contribution in [0.5, 0.6) is 17.2 Å². The van der Waals surface area contributed by atoms with Crippen molar-refractivity contribution in [1.82, 2.24) is 0 Å². The molecule has 2 aliphatic rings. The van der Waals surface area contributed by atoms with E-state index in [4.69, 9.17) is 25.8 Å². The van der Waals surface area contributed by atoms with Gasteiger partial charge >= 0.3 is 0 Å². The van der Waals surface area contributed by atoms with Gasteiger partial charge < -0.3 is 19.3 Å². The highest BCUT2D eigenvalue weighted by atomic mass is 35.5. The third-order valence-electron chi connectivity index (χ3n) is 6.68. The Kier molecular flexibility index (Phi) is 6.57. The van der Waals surface area contributed by atoms with Gasteiger partial charge in [0.2, 0.25) is 6.79 Å². The summed E-state index contributed by atoms with van der Waals surface area (Å²) in [6.45, 7) is 8.60. The Balaban J connectivity index is 1.69. The Bertz CT molecular complexity index is 1450. The molecule has 7 nitrogen and oxygen atoms in total. The molecule has 1 unspecified atom stereocenters. The topological polar surface area (TPSA) is 85.3 Å². The molecular formula is C30H28ClNO6. The first-order valence-electron chi connectivity index (χ1n) is 12.3. The predicted molar refractivity (Wildman–Crippen MR) is 145 cm³/mol. The van der Waals surface area contributed by atoms with E-state index in [9.17, 15) is 14.7 Å². The van der Waals surface area contributed by atoms with Gasteiger partial charge in [0, 0.05) is 17.3 Å². The first-order valence-corrected chi connectivity index (χ1v) is 12.7. The molecule has 1 N–H and O–H groups in total. The highest BCUT2D eigenvalue weighted by Gasteiger charge is 2.47. The minimum Gasteiger partial charge on any atom is -0.507 e. The van der Waals surface area contributed by atoms with Gasteiger partial charge in [0.25, 0.3) is 11.7 Å². The van der Waals surface area contributed by atoms with Crippen LogP contribution in [0, 0.1) is 0 Å². The van der Waals surface area contributed by atoms with Crippen molar-refractivity contribution >= 4 is 34.7 Å². The predicted octanol–water partition coefficient (Wildman–Crippen LogP) is 6.39. The van der Waals surface area contributed by atoms with Gasteiger partial charge in [0.05, 0.1) is 23.2 Å². The summed E-state index contributed by atoms with van der Waals surface area (Å²) in [5, 5.41) is 11.8. The zero-order valence-corrected chi connectivity index (χ0v) is 22.3. The summed E-state index contributed by atoms with van der Waals surface area (Å²) >= 11 is 6.24. The van der Waals surface area contributed by atoms with Crippen LogP contribution >= 0.6 is 11.6 Å². The Labute approximate surface area is 226 Å². The van der Waals surface area contributed by atoms with Crippen molar-refractivity contribution < 1.29 is 28.9 Å². The molecule has 0 radical (unpaired) electrons. The monoisotopic (exact) mass is 533 g/mol. The van der Waals surface area contributed by atoms with Crippen LogP contribution in [0.2, 0.25) is 5.02 Å². The molecular weight excluding hydrogens is 506 g/mol. The summed E-state index contributed by atoms with van der Waals surface area (Å²) < 4.78 is 16.5. The zero-order valence-electron chi connectivity index (χ0n) is 21.6. The molecule has 5 rings (SSSR count). The minimum atomic E-state index is -0.879. The lowest BCUT2D eigenvalue weighted by molar-refractivity contribution is -0.132. The van der Waals surface area contributed by atoms with Gasteiger partial charge in [-0.2, -0.15) is 0 Å². The number of nitrogens with zero attached hydrogens (tertiary/aromatic N) is 1. The van der Waals surface area contributed by atoms with Gasteiger partial charge in [0.1, 0.15) is 11.5 Å². The van der Waals surface area contributed by atoms with Crippen LogP contribution in [0.15, 0.2) is 66.2 Å². The summed E-state index contributed by atoms with van der Waals surface area (Å²) in [5.74, 6) is -0.456. The molecule has 3 aromatic carbocycles. The molecule has 38 heavy (non-hydrogen) atoms. The number of carbonyl (C=O) groups is 2. The third-order valence-corrected chi connectivity index (χ3v) is 6.99. The number of fused-ring (bicyclic) bond motifs is 1. The lowest BCUT2D eigenvalue weighted by Crippen LogP contribution is -2.29. The van der Waals surface area contributed by atoms with E-state index >= 15 is 0 Å². The van der Waals surface area contributed by atoms with Crippen molar-refractivity contribution in [1.29, 1.82) is 0 Å². The van der Waals surface area contributed by atoms with E-state index in [-0.39, 0.29) is 23.5 Å². The highest BCUT2D eigenvalue weighted by molar-refractivity contribution is 6.51. The second kappa shape index (κ2) is 9.72. The van der Waals surface area contributed by atoms with Crippen molar-refractivity contribution in [3.8, 4) is 17.2 Å². The molecule has 1 amide bonds. The fraction of sp³-hybridized carbons (Fsp3) is 0.267. The van der Waals surface area contributed by atoms with Gasteiger partial charge in [0.15, 0.2) is 11.5 Å². The number of aliphatic hydroxyl groups excluding tert-OH is 1. The lowest BCUT2D eigenvalue weighted by Gasteiger charge is -2.26. The number of Topliss-reactive ketones (excluding diaryl/α,β-unsaturated/α-hetero) is 1. The summed E-state index contributed by atoms with van der Waals surface area (Å²) in [7, 11) is 0. The number of rotatable bonds is 5. The molecule has 0 saturated carbocycles. The molecule has 3 aromatic rings. The summed E-state index contributed by atoms with van der Waals surface area (Å²) in [5.41, 5.74) is 2.43. The first kappa shape index (κ1) is 25.7. The van der Waals surface area contributed by atoms with Crippen LogP contribution in [0.25, 0.3) is 5.76 Å². The van der Waals surface area contributed by atoms with E-state index in [1.54, 1.807) is 36.4 Å². The Morgan fingerprint density at radius 3 is 2.42 bits per heavy atom. The maximum Gasteiger partial charge on any atom is 0.300 e. The fourth-order valence-electron chi connectivity index (χ4n) is 4.69. The third kappa shape index (κ3) is 4.47. The van der Waals surface area contributed by atoms with Gasteiger partial charge in [-0.25, -0.2) is 0 Å². The maximum atomic E-state index is 13.5. The minimum absolute atomic E-state index is 0.0269. The average Bonchev–Trinajstić information content (AvgIpc) is 3.46. The number of amides is 1. The van der Waals surface area contributed by atoms with Gasteiger partial charge in [-0.3, -0.25) is 14.5 Å². The average molecular weight is 534 g/mol.